The number of aliphatic hydroxyl groups excluding tert-OH is 1. The van der Waals surface area contributed by atoms with Gasteiger partial charge in [0, 0.05) is 11.6 Å². The summed E-state index contributed by atoms with van der Waals surface area (Å²) < 4.78 is 19.3. The number of ether oxygens (including phenoxy) is 1. The summed E-state index contributed by atoms with van der Waals surface area (Å²) in [5.74, 6) is 0.179. The van der Waals surface area contributed by atoms with Crippen molar-refractivity contribution in [1.82, 2.24) is 0 Å². The number of hydrogen-bond donors (Lipinski definition) is 3. The van der Waals surface area contributed by atoms with Gasteiger partial charge in [0.25, 0.3) is 0 Å². The molecule has 1 atom stereocenters. The summed E-state index contributed by atoms with van der Waals surface area (Å²) in [4.78, 5) is 0. The average Bonchev–Trinajstić information content (AvgIpc) is 2.80. The van der Waals surface area contributed by atoms with Crippen LogP contribution in [0.5, 0.6) is 11.5 Å². The maximum atomic E-state index is 13.8. The van der Waals surface area contributed by atoms with Crippen molar-refractivity contribution < 1.29 is 19.3 Å². The normalized spacial score (nSPS) is 20.3. The fraction of sp³-hybridized carbons (Fsp3) is 0.200. The van der Waals surface area contributed by atoms with Gasteiger partial charge in [0.1, 0.15) is 29.5 Å². The lowest BCUT2D eigenvalue weighted by molar-refractivity contribution is 0.177. The molecule has 0 amide bonds. The Bertz CT molecular complexity index is 647. The molecule has 0 aliphatic carbocycles. The lowest BCUT2D eigenvalue weighted by Crippen LogP contribution is -2.41. The molecule has 3 rings (SSSR count). The lowest BCUT2D eigenvalue weighted by Gasteiger charge is -2.28. The molecule has 0 aromatic heterocycles. The van der Waals surface area contributed by atoms with E-state index in [9.17, 15) is 14.6 Å². The van der Waals surface area contributed by atoms with Gasteiger partial charge >= 0.3 is 0 Å². The number of anilines is 1. The van der Waals surface area contributed by atoms with Gasteiger partial charge in [-0.1, -0.05) is 12.1 Å². The molecule has 5 heteroatoms. The highest BCUT2D eigenvalue weighted by Crippen LogP contribution is 2.41. The van der Waals surface area contributed by atoms with Crippen LogP contribution in [0.25, 0.3) is 0 Å². The molecule has 3 N–H and O–H groups in total. The first-order valence-electron chi connectivity index (χ1n) is 6.24. The molecule has 4 nitrogen and oxygen atoms in total. The van der Waals surface area contributed by atoms with Crippen molar-refractivity contribution in [3.63, 3.8) is 0 Å². The van der Waals surface area contributed by atoms with Gasteiger partial charge in [-0.15, -0.1) is 0 Å². The van der Waals surface area contributed by atoms with Crippen LogP contribution in [0.2, 0.25) is 0 Å². The summed E-state index contributed by atoms with van der Waals surface area (Å²) >= 11 is 0. The third kappa shape index (κ3) is 1.96. The molecule has 2 aromatic carbocycles. The quantitative estimate of drug-likeness (QED) is 0.804. The highest BCUT2D eigenvalue weighted by molar-refractivity contribution is 5.55. The van der Waals surface area contributed by atoms with Crippen molar-refractivity contribution >= 4 is 5.69 Å². The summed E-state index contributed by atoms with van der Waals surface area (Å²) in [6.07, 6.45) is 0. The number of para-hydroxylation sites is 1. The summed E-state index contributed by atoms with van der Waals surface area (Å²) in [5, 5.41) is 22.2. The van der Waals surface area contributed by atoms with E-state index in [4.69, 9.17) is 4.74 Å². The molecule has 20 heavy (non-hydrogen) atoms. The first-order chi connectivity index (χ1) is 9.64. The zero-order valence-electron chi connectivity index (χ0n) is 10.6. The van der Waals surface area contributed by atoms with Crippen molar-refractivity contribution in [1.29, 1.82) is 0 Å². The van der Waals surface area contributed by atoms with Crippen LogP contribution >= 0.6 is 0 Å². The second-order valence-electron chi connectivity index (χ2n) is 4.81. The van der Waals surface area contributed by atoms with Crippen molar-refractivity contribution in [2.45, 2.75) is 5.54 Å². The fourth-order valence-electron chi connectivity index (χ4n) is 2.40. The molecular weight excluding hydrogens is 261 g/mol. The van der Waals surface area contributed by atoms with Crippen molar-refractivity contribution in [3.8, 4) is 11.5 Å². The van der Waals surface area contributed by atoms with Gasteiger partial charge in [-0.2, -0.15) is 0 Å². The van der Waals surface area contributed by atoms with E-state index in [0.717, 1.165) is 0 Å². The van der Waals surface area contributed by atoms with Gasteiger partial charge < -0.3 is 20.3 Å². The molecule has 104 valence electrons. The molecule has 0 bridgehead atoms. The summed E-state index contributed by atoms with van der Waals surface area (Å²) in [7, 11) is 0. The number of aliphatic hydroxyl groups is 1. The van der Waals surface area contributed by atoms with Crippen LogP contribution in [-0.2, 0) is 5.54 Å². The maximum absolute atomic E-state index is 13.8. The zero-order chi connectivity index (χ0) is 14.2. The monoisotopic (exact) mass is 275 g/mol. The standard InChI is InChI=1S/C15H14FNO3/c16-12-3-1-2-4-13(12)17-15(8-18)9-20-14-7-10(19)5-6-11(14)15/h1-7,17-19H,8-9H2. The maximum Gasteiger partial charge on any atom is 0.146 e. The number of rotatable bonds is 3. The lowest BCUT2D eigenvalue weighted by atomic mass is 9.92. The number of hydrogen-bond acceptors (Lipinski definition) is 4. The fourth-order valence-corrected chi connectivity index (χ4v) is 2.40. The predicted molar refractivity (Wildman–Crippen MR) is 72.4 cm³/mol. The Morgan fingerprint density at radius 1 is 1.25 bits per heavy atom. The Kier molecular flexibility index (Phi) is 2.99. The second kappa shape index (κ2) is 4.68. The Morgan fingerprint density at radius 2 is 2.05 bits per heavy atom. The van der Waals surface area contributed by atoms with Gasteiger partial charge in [-0.3, -0.25) is 0 Å². The first kappa shape index (κ1) is 12.7. The number of benzene rings is 2. The van der Waals surface area contributed by atoms with Crippen molar-refractivity contribution in [2.24, 2.45) is 0 Å². The molecule has 0 saturated heterocycles. The van der Waals surface area contributed by atoms with E-state index in [1.165, 1.54) is 18.2 Å². The van der Waals surface area contributed by atoms with Crippen molar-refractivity contribution in [3.05, 3.63) is 53.8 Å². The molecule has 1 aliphatic heterocycles. The van der Waals surface area contributed by atoms with Crippen LogP contribution in [0.1, 0.15) is 5.56 Å². The third-order valence-corrected chi connectivity index (χ3v) is 3.47. The number of fused-ring (bicyclic) bond motifs is 1. The molecule has 0 radical (unpaired) electrons. The summed E-state index contributed by atoms with van der Waals surface area (Å²) in [5.41, 5.74) is 0.0812. The second-order valence-corrected chi connectivity index (χ2v) is 4.81. The Balaban J connectivity index is 2.01. The number of phenols is 1. The largest absolute Gasteiger partial charge is 0.508 e. The van der Waals surface area contributed by atoms with Crippen LogP contribution in [0, 0.1) is 5.82 Å². The zero-order valence-corrected chi connectivity index (χ0v) is 10.6. The highest BCUT2D eigenvalue weighted by Gasteiger charge is 2.41. The number of nitrogens with one attached hydrogen (secondary N) is 1. The van der Waals surface area contributed by atoms with Gasteiger partial charge in [-0.25, -0.2) is 4.39 Å². The SMILES string of the molecule is OCC1(Nc2ccccc2F)COc2cc(O)ccc21. The minimum atomic E-state index is -0.911. The molecule has 0 fully saturated rings. The van der Waals surface area contributed by atoms with Gasteiger partial charge in [0.15, 0.2) is 0 Å². The molecule has 1 aliphatic rings. The molecule has 0 saturated carbocycles. The topological polar surface area (TPSA) is 61.7 Å². The molecule has 1 unspecified atom stereocenters. The van der Waals surface area contributed by atoms with E-state index in [1.807, 2.05) is 0 Å². The average molecular weight is 275 g/mol. The van der Waals surface area contributed by atoms with E-state index < -0.39 is 11.4 Å². The molecule has 0 spiro atoms. The number of halogens is 1. The molecule has 2 aromatic rings. The van der Waals surface area contributed by atoms with Crippen LogP contribution in [0.4, 0.5) is 10.1 Å². The minimum Gasteiger partial charge on any atom is -0.508 e. The Morgan fingerprint density at radius 3 is 2.80 bits per heavy atom. The van der Waals surface area contributed by atoms with Gasteiger partial charge in [0.05, 0.1) is 12.3 Å². The minimum absolute atomic E-state index is 0.0865. The Labute approximate surface area is 115 Å². The van der Waals surface area contributed by atoms with Crippen LogP contribution in [-0.4, -0.2) is 23.4 Å². The van der Waals surface area contributed by atoms with Gasteiger partial charge in [0.2, 0.25) is 0 Å². The van der Waals surface area contributed by atoms with Crippen LogP contribution < -0.4 is 10.1 Å². The first-order valence-corrected chi connectivity index (χ1v) is 6.24. The number of aromatic hydroxyl groups is 1. The van der Waals surface area contributed by atoms with E-state index in [1.54, 1.807) is 24.3 Å². The summed E-state index contributed by atoms with van der Waals surface area (Å²) in [6.45, 7) is -0.0876. The van der Waals surface area contributed by atoms with E-state index in [-0.39, 0.29) is 19.0 Å². The third-order valence-electron chi connectivity index (χ3n) is 3.47. The van der Waals surface area contributed by atoms with E-state index in [0.29, 0.717) is 17.0 Å². The molecule has 1 heterocycles. The van der Waals surface area contributed by atoms with Crippen LogP contribution in [0.3, 0.4) is 0 Å². The summed E-state index contributed by atoms with van der Waals surface area (Å²) in [6, 6.07) is 10.9. The van der Waals surface area contributed by atoms with E-state index >= 15 is 0 Å². The van der Waals surface area contributed by atoms with E-state index in [2.05, 4.69) is 5.32 Å². The van der Waals surface area contributed by atoms with Crippen LogP contribution in [0.15, 0.2) is 42.5 Å². The van der Waals surface area contributed by atoms with Crippen molar-refractivity contribution in [2.75, 3.05) is 18.5 Å². The highest BCUT2D eigenvalue weighted by atomic mass is 19.1. The smallest absolute Gasteiger partial charge is 0.146 e. The van der Waals surface area contributed by atoms with Gasteiger partial charge in [-0.05, 0) is 24.3 Å². The number of phenolic OH excluding ortho intramolecular Hbond substituents is 1. The Hall–Kier alpha value is -2.27. The molecular formula is C15H14FNO3. The predicted octanol–water partition coefficient (Wildman–Crippen LogP) is 2.22.